The molecule has 1 aromatic carbocycles. The third kappa shape index (κ3) is 3.77. The number of ether oxygens (including phenoxy) is 1. The van der Waals surface area contributed by atoms with Gasteiger partial charge >= 0.3 is 0 Å². The first kappa shape index (κ1) is 13.5. The van der Waals surface area contributed by atoms with Gasteiger partial charge in [-0.25, -0.2) is 14.1 Å². The molecule has 0 saturated carbocycles. The first-order valence-corrected chi connectivity index (χ1v) is 7.37. The van der Waals surface area contributed by atoms with Crippen molar-refractivity contribution in [2.45, 2.75) is 11.3 Å². The molecule has 0 fully saturated rings. The summed E-state index contributed by atoms with van der Waals surface area (Å²) in [6.45, 7) is 0.415. The Morgan fingerprint density at radius 1 is 1.26 bits per heavy atom. The molecule has 0 amide bonds. The van der Waals surface area contributed by atoms with Crippen molar-refractivity contribution < 1.29 is 8.95 Å². The summed E-state index contributed by atoms with van der Waals surface area (Å²) in [5, 5.41) is 5.38. The first-order valence-electron chi connectivity index (χ1n) is 5.74. The molecule has 5 nitrogen and oxygen atoms in total. The minimum Gasteiger partial charge on any atom is -0.492 e. The summed E-state index contributed by atoms with van der Waals surface area (Å²) in [6, 6.07) is 10.6. The number of pyridine rings is 1. The van der Waals surface area contributed by atoms with Crippen molar-refractivity contribution in [3.63, 3.8) is 0 Å². The molecule has 3 N–H and O–H groups in total. The van der Waals surface area contributed by atoms with Gasteiger partial charge in [0.2, 0.25) is 0 Å². The van der Waals surface area contributed by atoms with Crippen molar-refractivity contribution in [1.82, 2.24) is 4.98 Å². The number of benzene rings is 1. The Morgan fingerprint density at radius 3 is 2.74 bits per heavy atom. The van der Waals surface area contributed by atoms with Crippen LogP contribution in [0.4, 0.5) is 0 Å². The molecule has 1 unspecified atom stereocenters. The molecular weight excluding hydrogens is 262 g/mol. The monoisotopic (exact) mass is 277 g/mol. The van der Waals surface area contributed by atoms with Crippen molar-refractivity contribution in [3.8, 4) is 5.75 Å². The zero-order valence-electron chi connectivity index (χ0n) is 10.3. The average molecular weight is 277 g/mol. The van der Waals surface area contributed by atoms with Gasteiger partial charge in [-0.2, -0.15) is 0 Å². The van der Waals surface area contributed by atoms with Crippen molar-refractivity contribution in [2.24, 2.45) is 5.14 Å². The molecule has 0 spiro atoms. The first-order chi connectivity index (χ1) is 9.07. The lowest BCUT2D eigenvalue weighted by Gasteiger charge is -2.10. The van der Waals surface area contributed by atoms with Crippen molar-refractivity contribution in [1.29, 1.82) is 4.78 Å². The highest BCUT2D eigenvalue weighted by Gasteiger charge is 2.09. The van der Waals surface area contributed by atoms with Crippen LogP contribution in [0.1, 0.15) is 5.56 Å². The number of nitrogens with two attached hydrogens (primary N) is 1. The highest BCUT2D eigenvalue weighted by Crippen LogP contribution is 2.15. The SMILES string of the molecule is N=S(N)(=O)c1ccccc1CCOc1cccnc1. The lowest BCUT2D eigenvalue weighted by molar-refractivity contribution is 0.320. The standard InChI is InChI=1S/C13H15N3O2S/c14-19(15,17)13-6-2-1-4-11(13)7-9-18-12-5-3-8-16-10-12/h1-6,8,10H,7,9H2,(H3,14,15,17). The lowest BCUT2D eigenvalue weighted by Crippen LogP contribution is -2.14. The smallest absolute Gasteiger partial charge is 0.137 e. The molecule has 19 heavy (non-hydrogen) atoms. The molecule has 0 radical (unpaired) electrons. The van der Waals surface area contributed by atoms with Gasteiger partial charge in [-0.1, -0.05) is 18.2 Å². The molecule has 1 aromatic heterocycles. The minimum atomic E-state index is -3.20. The summed E-state index contributed by atoms with van der Waals surface area (Å²) in [6.07, 6.45) is 3.84. The zero-order chi connectivity index (χ0) is 13.7. The van der Waals surface area contributed by atoms with E-state index < -0.39 is 9.92 Å². The number of hydrogen-bond donors (Lipinski definition) is 2. The van der Waals surface area contributed by atoms with E-state index in [9.17, 15) is 4.21 Å². The topological polar surface area (TPSA) is 89.1 Å². The quantitative estimate of drug-likeness (QED) is 0.875. The number of nitrogens with zero attached hydrogens (tertiary/aromatic N) is 1. The van der Waals surface area contributed by atoms with E-state index >= 15 is 0 Å². The second kappa shape index (κ2) is 5.81. The van der Waals surface area contributed by atoms with Gasteiger partial charge in [0.05, 0.1) is 17.7 Å². The van der Waals surface area contributed by atoms with Crippen LogP contribution in [0.25, 0.3) is 0 Å². The van der Waals surface area contributed by atoms with Crippen molar-refractivity contribution in [2.75, 3.05) is 6.61 Å². The minimum absolute atomic E-state index is 0.366. The van der Waals surface area contributed by atoms with Crippen LogP contribution in [0.2, 0.25) is 0 Å². The van der Waals surface area contributed by atoms with Gasteiger partial charge < -0.3 is 4.74 Å². The van der Waals surface area contributed by atoms with Crippen LogP contribution in [0.5, 0.6) is 5.75 Å². The predicted molar refractivity (Wildman–Crippen MR) is 73.2 cm³/mol. The van der Waals surface area contributed by atoms with Gasteiger partial charge in [-0.3, -0.25) is 4.98 Å². The van der Waals surface area contributed by atoms with E-state index in [-0.39, 0.29) is 0 Å². The summed E-state index contributed by atoms with van der Waals surface area (Å²) < 4.78 is 24.6. The summed E-state index contributed by atoms with van der Waals surface area (Å²) in [4.78, 5) is 4.31. The highest BCUT2D eigenvalue weighted by atomic mass is 32.2. The van der Waals surface area contributed by atoms with Gasteiger partial charge in [0.15, 0.2) is 0 Å². The molecule has 0 bridgehead atoms. The van der Waals surface area contributed by atoms with E-state index in [4.69, 9.17) is 14.7 Å². The van der Waals surface area contributed by atoms with Crippen LogP contribution < -0.4 is 9.88 Å². The van der Waals surface area contributed by atoms with E-state index in [0.29, 0.717) is 23.7 Å². The van der Waals surface area contributed by atoms with E-state index in [2.05, 4.69) is 4.98 Å². The average Bonchev–Trinajstić information content (AvgIpc) is 2.39. The van der Waals surface area contributed by atoms with Crippen LogP contribution in [-0.4, -0.2) is 15.8 Å². The molecule has 0 aliphatic heterocycles. The molecule has 6 heteroatoms. The van der Waals surface area contributed by atoms with Crippen LogP contribution >= 0.6 is 0 Å². The fraction of sp³-hybridized carbons (Fsp3) is 0.154. The van der Waals surface area contributed by atoms with Crippen LogP contribution in [0.15, 0.2) is 53.7 Å². The molecule has 0 saturated heterocycles. The molecule has 100 valence electrons. The largest absolute Gasteiger partial charge is 0.492 e. The van der Waals surface area contributed by atoms with Crippen LogP contribution in [0.3, 0.4) is 0 Å². The molecule has 2 rings (SSSR count). The third-order valence-corrected chi connectivity index (χ3v) is 3.63. The lowest BCUT2D eigenvalue weighted by atomic mass is 10.2. The summed E-state index contributed by atoms with van der Waals surface area (Å²) >= 11 is 0. The Balaban J connectivity index is 2.05. The predicted octanol–water partition coefficient (Wildman–Crippen LogP) is 1.98. The summed E-state index contributed by atoms with van der Waals surface area (Å²) in [5.74, 6) is 0.680. The molecular formula is C13H15N3O2S. The maximum absolute atomic E-state index is 11.6. The maximum Gasteiger partial charge on any atom is 0.137 e. The summed E-state index contributed by atoms with van der Waals surface area (Å²) in [7, 11) is -3.20. The van der Waals surface area contributed by atoms with Crippen molar-refractivity contribution >= 4 is 9.92 Å². The van der Waals surface area contributed by atoms with E-state index in [0.717, 1.165) is 5.56 Å². The molecule has 2 aromatic rings. The van der Waals surface area contributed by atoms with Crippen LogP contribution in [-0.2, 0) is 16.3 Å². The van der Waals surface area contributed by atoms with E-state index in [1.807, 2.05) is 18.2 Å². The second-order valence-electron chi connectivity index (χ2n) is 4.00. The van der Waals surface area contributed by atoms with E-state index in [1.165, 1.54) is 0 Å². The Bertz CT molecular complexity index is 642. The Hall–Kier alpha value is -1.92. The fourth-order valence-corrected chi connectivity index (χ4v) is 2.56. The van der Waals surface area contributed by atoms with Gasteiger partial charge in [0, 0.05) is 12.6 Å². The molecule has 0 aliphatic rings. The Morgan fingerprint density at radius 2 is 2.05 bits per heavy atom. The van der Waals surface area contributed by atoms with Gasteiger partial charge in [0.25, 0.3) is 0 Å². The number of hydrogen-bond acceptors (Lipinski definition) is 4. The fourth-order valence-electron chi connectivity index (χ4n) is 1.72. The summed E-state index contributed by atoms with van der Waals surface area (Å²) in [5.41, 5.74) is 0.772. The molecule has 1 atom stereocenters. The van der Waals surface area contributed by atoms with Crippen LogP contribution in [0, 0.1) is 4.78 Å². The number of rotatable bonds is 5. The van der Waals surface area contributed by atoms with Gasteiger partial charge in [-0.05, 0) is 23.8 Å². The number of aromatic nitrogens is 1. The number of nitrogens with one attached hydrogen (secondary N) is 1. The Kier molecular flexibility index (Phi) is 4.13. The highest BCUT2D eigenvalue weighted by molar-refractivity contribution is 7.90. The molecule has 0 aliphatic carbocycles. The third-order valence-electron chi connectivity index (χ3n) is 2.57. The maximum atomic E-state index is 11.6. The van der Waals surface area contributed by atoms with Crippen molar-refractivity contribution in [3.05, 3.63) is 54.4 Å². The normalized spacial score (nSPS) is 13.7. The molecule has 1 heterocycles. The van der Waals surface area contributed by atoms with E-state index in [1.54, 1.807) is 30.6 Å². The Labute approximate surface area is 112 Å². The second-order valence-corrected chi connectivity index (χ2v) is 5.64. The van der Waals surface area contributed by atoms with Gasteiger partial charge in [0.1, 0.15) is 15.7 Å². The zero-order valence-corrected chi connectivity index (χ0v) is 11.1. The van der Waals surface area contributed by atoms with Gasteiger partial charge in [-0.15, -0.1) is 0 Å².